The minimum Gasteiger partial charge on any atom is -0.388 e. The molecule has 0 fully saturated rings. The molecule has 2 rings (SSSR count). The van der Waals surface area contributed by atoms with E-state index < -0.39 is 18.7 Å². The van der Waals surface area contributed by atoms with Gasteiger partial charge in [-0.25, -0.2) is 0 Å². The summed E-state index contributed by atoms with van der Waals surface area (Å²) < 4.78 is 36.6. The van der Waals surface area contributed by atoms with Gasteiger partial charge in [0.15, 0.2) is 0 Å². The zero-order valence-corrected chi connectivity index (χ0v) is 8.78. The summed E-state index contributed by atoms with van der Waals surface area (Å²) >= 11 is 0. The molecule has 2 nitrogen and oxygen atoms in total. The van der Waals surface area contributed by atoms with Crippen molar-refractivity contribution in [3.63, 3.8) is 0 Å². The average Bonchev–Trinajstić information content (AvgIpc) is 2.26. The van der Waals surface area contributed by atoms with Gasteiger partial charge in [-0.2, -0.15) is 13.2 Å². The van der Waals surface area contributed by atoms with Crippen molar-refractivity contribution in [3.8, 4) is 0 Å². The molecule has 90 valence electrons. The fraction of sp³-hybridized carbons (Fsp3) is 0.250. The predicted octanol–water partition coefficient (Wildman–Crippen LogP) is 3.22. The molecule has 1 N–H and O–H groups in total. The van der Waals surface area contributed by atoms with Gasteiger partial charge in [0.2, 0.25) is 0 Å². The Balaban J connectivity index is 2.41. The Morgan fingerprint density at radius 3 is 2.59 bits per heavy atom. The lowest BCUT2D eigenvalue weighted by atomic mass is 10.0. The standard InChI is InChI=1S/C12H10F3NO/c13-12(14,15)5-11(17)10-7-16-6-8-3-1-2-4-9(8)10/h1-4,6-7,11,17H,5H2. The first-order valence-electron chi connectivity index (χ1n) is 5.05. The zero-order valence-electron chi connectivity index (χ0n) is 8.78. The highest BCUT2D eigenvalue weighted by atomic mass is 19.4. The number of aliphatic hydroxyl groups is 1. The largest absolute Gasteiger partial charge is 0.391 e. The van der Waals surface area contributed by atoms with Crippen LogP contribution in [0.1, 0.15) is 18.1 Å². The van der Waals surface area contributed by atoms with E-state index in [1.165, 1.54) is 6.20 Å². The highest BCUT2D eigenvalue weighted by Crippen LogP contribution is 2.32. The first-order valence-corrected chi connectivity index (χ1v) is 5.05. The molecule has 0 amide bonds. The van der Waals surface area contributed by atoms with Crippen molar-refractivity contribution in [1.29, 1.82) is 0 Å². The topological polar surface area (TPSA) is 33.1 Å². The molecule has 1 aromatic heterocycles. The van der Waals surface area contributed by atoms with Crippen LogP contribution in [0.2, 0.25) is 0 Å². The van der Waals surface area contributed by atoms with Crippen molar-refractivity contribution in [2.24, 2.45) is 0 Å². The number of rotatable bonds is 2. The Bertz CT molecular complexity index is 519. The zero-order chi connectivity index (χ0) is 12.5. The van der Waals surface area contributed by atoms with Crippen LogP contribution in [0.5, 0.6) is 0 Å². The molecule has 0 spiro atoms. The van der Waals surface area contributed by atoms with E-state index >= 15 is 0 Å². The van der Waals surface area contributed by atoms with E-state index in [2.05, 4.69) is 4.98 Å². The van der Waals surface area contributed by atoms with Gasteiger partial charge in [-0.3, -0.25) is 4.98 Å². The van der Waals surface area contributed by atoms with Crippen molar-refractivity contribution in [2.75, 3.05) is 0 Å². The number of hydrogen-bond donors (Lipinski definition) is 1. The van der Waals surface area contributed by atoms with Gasteiger partial charge in [0.05, 0.1) is 12.5 Å². The number of halogens is 3. The fourth-order valence-corrected chi connectivity index (χ4v) is 1.73. The number of pyridine rings is 1. The van der Waals surface area contributed by atoms with Crippen LogP contribution in [0.4, 0.5) is 13.2 Å². The van der Waals surface area contributed by atoms with Crippen LogP contribution in [0.3, 0.4) is 0 Å². The van der Waals surface area contributed by atoms with Gasteiger partial charge < -0.3 is 5.11 Å². The van der Waals surface area contributed by atoms with E-state index in [1.54, 1.807) is 30.5 Å². The summed E-state index contributed by atoms with van der Waals surface area (Å²) in [6.07, 6.45) is -4.40. The molecule has 1 heterocycles. The summed E-state index contributed by atoms with van der Waals surface area (Å²) in [4.78, 5) is 3.84. The van der Waals surface area contributed by atoms with Crippen LogP contribution in [0.25, 0.3) is 10.8 Å². The summed E-state index contributed by atoms with van der Waals surface area (Å²) in [5.74, 6) is 0. The van der Waals surface area contributed by atoms with E-state index in [9.17, 15) is 18.3 Å². The third kappa shape index (κ3) is 2.74. The maximum absolute atomic E-state index is 12.2. The molecule has 0 aliphatic heterocycles. The molecule has 0 bridgehead atoms. The number of aromatic nitrogens is 1. The van der Waals surface area contributed by atoms with Crippen LogP contribution in [-0.4, -0.2) is 16.3 Å². The van der Waals surface area contributed by atoms with Crippen LogP contribution in [-0.2, 0) is 0 Å². The summed E-state index contributed by atoms with van der Waals surface area (Å²) in [5.41, 5.74) is 0.209. The van der Waals surface area contributed by atoms with Gasteiger partial charge in [0, 0.05) is 23.3 Å². The Morgan fingerprint density at radius 1 is 1.18 bits per heavy atom. The van der Waals surface area contributed by atoms with Crippen molar-refractivity contribution in [2.45, 2.75) is 18.7 Å². The lowest BCUT2D eigenvalue weighted by Gasteiger charge is -2.15. The third-order valence-electron chi connectivity index (χ3n) is 2.48. The molecule has 5 heteroatoms. The molecule has 0 radical (unpaired) electrons. The number of hydrogen-bond acceptors (Lipinski definition) is 2. The van der Waals surface area contributed by atoms with E-state index in [4.69, 9.17) is 0 Å². The average molecular weight is 241 g/mol. The number of nitrogens with zero attached hydrogens (tertiary/aromatic N) is 1. The Kier molecular flexibility index (Phi) is 3.02. The molecule has 0 saturated heterocycles. The van der Waals surface area contributed by atoms with Crippen LogP contribution in [0, 0.1) is 0 Å². The van der Waals surface area contributed by atoms with Crippen molar-refractivity contribution >= 4 is 10.8 Å². The maximum Gasteiger partial charge on any atom is 0.391 e. The van der Waals surface area contributed by atoms with Gasteiger partial charge in [-0.15, -0.1) is 0 Å². The van der Waals surface area contributed by atoms with Crippen LogP contribution < -0.4 is 0 Å². The smallest absolute Gasteiger partial charge is 0.388 e. The Hall–Kier alpha value is -1.62. The number of alkyl halides is 3. The van der Waals surface area contributed by atoms with Crippen LogP contribution >= 0.6 is 0 Å². The Labute approximate surface area is 95.7 Å². The first-order chi connectivity index (χ1) is 7.97. The second-order valence-corrected chi connectivity index (χ2v) is 3.78. The fourth-order valence-electron chi connectivity index (χ4n) is 1.73. The molecule has 1 aromatic carbocycles. The predicted molar refractivity (Wildman–Crippen MR) is 57.4 cm³/mol. The molecule has 17 heavy (non-hydrogen) atoms. The van der Waals surface area contributed by atoms with Gasteiger partial charge in [0.1, 0.15) is 0 Å². The summed E-state index contributed by atoms with van der Waals surface area (Å²) in [6.45, 7) is 0. The van der Waals surface area contributed by atoms with Gasteiger partial charge in [-0.1, -0.05) is 24.3 Å². The van der Waals surface area contributed by atoms with Gasteiger partial charge >= 0.3 is 6.18 Å². The monoisotopic (exact) mass is 241 g/mol. The van der Waals surface area contributed by atoms with E-state index in [1.807, 2.05) is 0 Å². The maximum atomic E-state index is 12.2. The molecule has 0 aliphatic rings. The van der Waals surface area contributed by atoms with Crippen molar-refractivity contribution in [3.05, 3.63) is 42.2 Å². The molecule has 0 saturated carbocycles. The Morgan fingerprint density at radius 2 is 1.88 bits per heavy atom. The molecular formula is C12H10F3NO. The first kappa shape index (κ1) is 11.9. The van der Waals surface area contributed by atoms with Crippen molar-refractivity contribution in [1.82, 2.24) is 4.98 Å². The molecule has 1 unspecified atom stereocenters. The van der Waals surface area contributed by atoms with E-state index in [-0.39, 0.29) is 5.56 Å². The molecular weight excluding hydrogens is 231 g/mol. The minimum absolute atomic E-state index is 0.209. The molecule has 1 atom stereocenters. The normalized spacial score (nSPS) is 13.9. The highest BCUT2D eigenvalue weighted by molar-refractivity contribution is 5.84. The SMILES string of the molecule is OC(CC(F)(F)F)c1cncc2ccccc12. The highest BCUT2D eigenvalue weighted by Gasteiger charge is 2.32. The lowest BCUT2D eigenvalue weighted by Crippen LogP contribution is -2.14. The van der Waals surface area contributed by atoms with Gasteiger partial charge in [-0.05, 0) is 5.39 Å². The van der Waals surface area contributed by atoms with E-state index in [0.29, 0.717) is 10.8 Å². The summed E-state index contributed by atoms with van der Waals surface area (Å²) in [7, 11) is 0. The minimum atomic E-state index is -4.39. The molecule has 2 aromatic rings. The second kappa shape index (κ2) is 4.33. The van der Waals surface area contributed by atoms with Gasteiger partial charge in [0.25, 0.3) is 0 Å². The number of benzene rings is 1. The van der Waals surface area contributed by atoms with E-state index in [0.717, 1.165) is 0 Å². The van der Waals surface area contributed by atoms with Crippen molar-refractivity contribution < 1.29 is 18.3 Å². The quantitative estimate of drug-likeness (QED) is 0.875. The number of aliphatic hydroxyl groups excluding tert-OH is 1. The third-order valence-corrected chi connectivity index (χ3v) is 2.48. The van der Waals surface area contributed by atoms with Crippen LogP contribution in [0.15, 0.2) is 36.7 Å². The second-order valence-electron chi connectivity index (χ2n) is 3.78. The molecule has 0 aliphatic carbocycles. The number of fused-ring (bicyclic) bond motifs is 1. The lowest BCUT2D eigenvalue weighted by molar-refractivity contribution is -0.154. The summed E-state index contributed by atoms with van der Waals surface area (Å²) in [6, 6.07) is 6.90. The summed E-state index contributed by atoms with van der Waals surface area (Å²) in [5, 5.41) is 10.9.